The molecule has 0 radical (unpaired) electrons. The third-order valence-corrected chi connectivity index (χ3v) is 3.72. The van der Waals surface area contributed by atoms with E-state index in [0.717, 1.165) is 11.3 Å². The van der Waals surface area contributed by atoms with Crippen LogP contribution in [0, 0.1) is 0 Å². The van der Waals surface area contributed by atoms with Crippen molar-refractivity contribution in [3.8, 4) is 5.75 Å². The molecule has 1 aromatic rings. The predicted molar refractivity (Wildman–Crippen MR) is 90.9 cm³/mol. The van der Waals surface area contributed by atoms with Crippen LogP contribution in [0.2, 0.25) is 0 Å². The number of hydrazone groups is 1. The fraction of sp³-hybridized carbons (Fsp3) is 0.500. The normalized spacial score (nSPS) is 15.9. The van der Waals surface area contributed by atoms with Crippen molar-refractivity contribution in [3.63, 3.8) is 0 Å². The van der Waals surface area contributed by atoms with Gasteiger partial charge < -0.3 is 10.1 Å². The summed E-state index contributed by atoms with van der Waals surface area (Å²) >= 11 is 5.25. The summed E-state index contributed by atoms with van der Waals surface area (Å²) in [6, 6.07) is 8.30. The van der Waals surface area contributed by atoms with Crippen LogP contribution < -0.4 is 15.5 Å². The fourth-order valence-corrected chi connectivity index (χ4v) is 2.67. The van der Waals surface area contributed by atoms with Crippen LogP contribution in [0.5, 0.6) is 5.75 Å². The average molecular weight is 305 g/mol. The van der Waals surface area contributed by atoms with Crippen LogP contribution in [0.3, 0.4) is 0 Å². The Morgan fingerprint density at radius 1 is 1.29 bits per heavy atom. The smallest absolute Gasteiger partial charge is 0.187 e. The van der Waals surface area contributed by atoms with Gasteiger partial charge in [-0.3, -0.25) is 5.43 Å². The van der Waals surface area contributed by atoms with Gasteiger partial charge in [-0.25, -0.2) is 0 Å². The zero-order valence-corrected chi connectivity index (χ0v) is 13.3. The van der Waals surface area contributed by atoms with Gasteiger partial charge >= 0.3 is 0 Å². The minimum Gasteiger partial charge on any atom is -0.494 e. The van der Waals surface area contributed by atoms with Crippen molar-refractivity contribution in [1.82, 2.24) is 10.7 Å². The molecule has 0 saturated heterocycles. The molecule has 1 aromatic carbocycles. The summed E-state index contributed by atoms with van der Waals surface area (Å²) < 4.78 is 5.40. The average Bonchev–Trinajstić information content (AvgIpc) is 2.50. The van der Waals surface area contributed by atoms with Crippen LogP contribution in [0.4, 0.5) is 0 Å². The number of nitrogens with zero attached hydrogens (tertiary/aromatic N) is 1. The van der Waals surface area contributed by atoms with E-state index in [2.05, 4.69) is 15.8 Å². The van der Waals surface area contributed by atoms with Crippen LogP contribution >= 0.6 is 12.2 Å². The van der Waals surface area contributed by atoms with E-state index in [1.165, 1.54) is 32.1 Å². The number of rotatable bonds is 5. The lowest BCUT2D eigenvalue weighted by atomic mass is 9.96. The highest BCUT2D eigenvalue weighted by molar-refractivity contribution is 7.80. The molecule has 21 heavy (non-hydrogen) atoms. The van der Waals surface area contributed by atoms with Crippen molar-refractivity contribution in [1.29, 1.82) is 0 Å². The highest BCUT2D eigenvalue weighted by Gasteiger charge is 2.13. The molecule has 0 atom stereocenters. The second-order valence-corrected chi connectivity index (χ2v) is 5.59. The maximum Gasteiger partial charge on any atom is 0.187 e. The van der Waals surface area contributed by atoms with Crippen LogP contribution in [0.25, 0.3) is 0 Å². The molecule has 1 saturated carbocycles. The first-order valence-electron chi connectivity index (χ1n) is 7.60. The van der Waals surface area contributed by atoms with Crippen molar-refractivity contribution in [3.05, 3.63) is 29.8 Å². The van der Waals surface area contributed by atoms with Crippen molar-refractivity contribution in [2.45, 2.75) is 45.1 Å². The van der Waals surface area contributed by atoms with Crippen LogP contribution in [0.1, 0.15) is 44.6 Å². The molecule has 0 amide bonds. The molecule has 1 fully saturated rings. The maximum atomic E-state index is 5.40. The van der Waals surface area contributed by atoms with Crippen LogP contribution in [-0.2, 0) is 0 Å². The third kappa shape index (κ3) is 5.71. The van der Waals surface area contributed by atoms with Gasteiger partial charge in [0.1, 0.15) is 5.75 Å². The van der Waals surface area contributed by atoms with Gasteiger partial charge in [-0.15, -0.1) is 0 Å². The van der Waals surface area contributed by atoms with Gasteiger partial charge in [0.05, 0.1) is 12.8 Å². The van der Waals surface area contributed by atoms with Gasteiger partial charge in [0, 0.05) is 6.04 Å². The lowest BCUT2D eigenvalue weighted by Crippen LogP contribution is -2.40. The first-order valence-corrected chi connectivity index (χ1v) is 8.01. The van der Waals surface area contributed by atoms with Crippen molar-refractivity contribution in [2.75, 3.05) is 6.61 Å². The van der Waals surface area contributed by atoms with E-state index in [1.54, 1.807) is 6.21 Å². The molecule has 0 aromatic heterocycles. The van der Waals surface area contributed by atoms with E-state index in [9.17, 15) is 0 Å². The summed E-state index contributed by atoms with van der Waals surface area (Å²) in [5, 5.41) is 8.08. The topological polar surface area (TPSA) is 45.6 Å². The van der Waals surface area contributed by atoms with Gasteiger partial charge in [-0.05, 0) is 61.8 Å². The lowest BCUT2D eigenvalue weighted by Gasteiger charge is -2.23. The molecule has 0 spiro atoms. The monoisotopic (exact) mass is 305 g/mol. The van der Waals surface area contributed by atoms with E-state index in [1.807, 2.05) is 31.2 Å². The summed E-state index contributed by atoms with van der Waals surface area (Å²) in [7, 11) is 0. The minimum atomic E-state index is 0.499. The Morgan fingerprint density at radius 3 is 2.67 bits per heavy atom. The molecule has 5 heteroatoms. The summed E-state index contributed by atoms with van der Waals surface area (Å²) in [5.74, 6) is 0.872. The standard InChI is InChI=1S/C16H23N3OS/c1-2-20-15-10-8-13(9-11-15)12-17-19-16(21)18-14-6-4-3-5-7-14/h8-12,14H,2-7H2,1H3,(H2,18,19,21)/b17-12-. The number of hydrogen-bond acceptors (Lipinski definition) is 3. The number of nitrogens with one attached hydrogen (secondary N) is 2. The predicted octanol–water partition coefficient (Wildman–Crippen LogP) is 3.22. The van der Waals surface area contributed by atoms with E-state index < -0.39 is 0 Å². The summed E-state index contributed by atoms with van der Waals surface area (Å²) in [4.78, 5) is 0. The molecular formula is C16H23N3OS. The number of benzene rings is 1. The summed E-state index contributed by atoms with van der Waals surface area (Å²) in [5.41, 5.74) is 3.88. The molecule has 114 valence electrons. The second-order valence-electron chi connectivity index (χ2n) is 5.18. The highest BCUT2D eigenvalue weighted by atomic mass is 32.1. The molecule has 0 unspecified atom stereocenters. The number of thiocarbonyl (C=S) groups is 1. The summed E-state index contributed by atoms with van der Waals surface area (Å²) in [6.07, 6.45) is 8.07. The molecular weight excluding hydrogens is 282 g/mol. The van der Waals surface area contributed by atoms with Gasteiger partial charge in [0.2, 0.25) is 0 Å². The molecule has 1 aliphatic carbocycles. The van der Waals surface area contributed by atoms with E-state index in [0.29, 0.717) is 17.8 Å². The first kappa shape index (κ1) is 15.8. The van der Waals surface area contributed by atoms with Crippen LogP contribution in [0.15, 0.2) is 29.4 Å². The Labute approximate surface area is 132 Å². The van der Waals surface area contributed by atoms with E-state index in [4.69, 9.17) is 17.0 Å². The summed E-state index contributed by atoms with van der Waals surface area (Å²) in [6.45, 7) is 2.65. The molecule has 1 aliphatic rings. The van der Waals surface area contributed by atoms with Crippen molar-refractivity contribution in [2.24, 2.45) is 5.10 Å². The molecule has 2 N–H and O–H groups in total. The maximum absolute atomic E-state index is 5.40. The zero-order valence-electron chi connectivity index (χ0n) is 12.5. The largest absolute Gasteiger partial charge is 0.494 e. The van der Waals surface area contributed by atoms with Crippen molar-refractivity contribution < 1.29 is 4.74 Å². The SMILES string of the molecule is CCOc1ccc(/C=N\NC(=S)NC2CCCCC2)cc1. The third-order valence-electron chi connectivity index (χ3n) is 3.51. The van der Waals surface area contributed by atoms with Gasteiger partial charge in [-0.1, -0.05) is 19.3 Å². The Bertz CT molecular complexity index is 467. The Balaban J connectivity index is 1.74. The quantitative estimate of drug-likeness (QED) is 0.498. The molecule has 0 aliphatic heterocycles. The van der Waals surface area contributed by atoms with E-state index in [-0.39, 0.29) is 0 Å². The zero-order chi connectivity index (χ0) is 14.9. The second kappa shape index (κ2) is 8.62. The first-order chi connectivity index (χ1) is 10.3. The lowest BCUT2D eigenvalue weighted by molar-refractivity contribution is 0.340. The number of ether oxygens (including phenoxy) is 1. The minimum absolute atomic E-state index is 0.499. The molecule has 4 nitrogen and oxygen atoms in total. The highest BCUT2D eigenvalue weighted by Crippen LogP contribution is 2.17. The Morgan fingerprint density at radius 2 is 2.00 bits per heavy atom. The van der Waals surface area contributed by atoms with Gasteiger partial charge in [0.25, 0.3) is 0 Å². The molecule has 2 rings (SSSR count). The Kier molecular flexibility index (Phi) is 6.47. The van der Waals surface area contributed by atoms with Crippen LogP contribution in [-0.4, -0.2) is 24.0 Å². The van der Waals surface area contributed by atoms with E-state index >= 15 is 0 Å². The van der Waals surface area contributed by atoms with Crippen molar-refractivity contribution >= 4 is 23.5 Å². The molecule has 0 bridgehead atoms. The number of hydrogen-bond donors (Lipinski definition) is 2. The Hall–Kier alpha value is -1.62. The fourth-order valence-electron chi connectivity index (χ4n) is 2.45. The van der Waals surface area contributed by atoms with Gasteiger partial charge in [0.15, 0.2) is 5.11 Å². The van der Waals surface area contributed by atoms with Gasteiger partial charge in [-0.2, -0.15) is 5.10 Å². The molecule has 0 heterocycles.